The van der Waals surface area contributed by atoms with Crippen LogP contribution >= 0.6 is 0 Å². The summed E-state index contributed by atoms with van der Waals surface area (Å²) in [5.41, 5.74) is 0. The third-order valence-corrected chi connectivity index (χ3v) is 3.24. The summed E-state index contributed by atoms with van der Waals surface area (Å²) >= 11 is 0. The molecule has 0 fully saturated rings. The summed E-state index contributed by atoms with van der Waals surface area (Å²) in [6.45, 7) is 2.26. The van der Waals surface area contributed by atoms with Gasteiger partial charge >= 0.3 is 0 Å². The average molecular weight is 264 g/mol. The highest BCUT2D eigenvalue weighted by molar-refractivity contribution is 5.48. The number of carbonyl (C=O) groups is 1. The van der Waals surface area contributed by atoms with Gasteiger partial charge in [0.1, 0.15) is 6.29 Å². The lowest BCUT2D eigenvalue weighted by Gasteiger charge is -1.95. The quantitative estimate of drug-likeness (QED) is 0.214. The molecule has 0 aliphatic rings. The third kappa shape index (κ3) is 17.1. The Hall–Kier alpha value is -0.850. The van der Waals surface area contributed by atoms with E-state index in [1.807, 2.05) is 0 Å². The lowest BCUT2D eigenvalue weighted by atomic mass is 10.1. The highest BCUT2D eigenvalue weighted by atomic mass is 16.1. The Morgan fingerprint density at radius 1 is 0.579 bits per heavy atom. The van der Waals surface area contributed by atoms with Crippen molar-refractivity contribution >= 4 is 6.29 Å². The number of allylic oxidation sites excluding steroid dienone is 4. The smallest absolute Gasteiger partial charge is 0.119 e. The predicted octanol–water partition coefficient (Wildman–Crippen LogP) is 6.00. The Bertz CT molecular complexity index is 228. The van der Waals surface area contributed by atoms with Gasteiger partial charge in [-0.05, 0) is 51.4 Å². The average Bonchev–Trinajstić information content (AvgIpc) is 2.43. The van der Waals surface area contributed by atoms with Gasteiger partial charge in [-0.15, -0.1) is 0 Å². The monoisotopic (exact) mass is 264 g/mol. The van der Waals surface area contributed by atoms with Crippen molar-refractivity contribution in [2.75, 3.05) is 0 Å². The van der Waals surface area contributed by atoms with E-state index in [2.05, 4.69) is 31.2 Å². The van der Waals surface area contributed by atoms with Crippen molar-refractivity contribution < 1.29 is 4.79 Å². The molecule has 0 aliphatic carbocycles. The van der Waals surface area contributed by atoms with Crippen LogP contribution in [0.1, 0.15) is 84.0 Å². The van der Waals surface area contributed by atoms with Crippen LogP contribution in [0.4, 0.5) is 0 Å². The number of carbonyl (C=O) groups excluding carboxylic acids is 1. The largest absolute Gasteiger partial charge is 0.303 e. The molecule has 1 nitrogen and oxygen atoms in total. The van der Waals surface area contributed by atoms with Crippen LogP contribution < -0.4 is 0 Å². The van der Waals surface area contributed by atoms with Gasteiger partial charge in [-0.3, -0.25) is 0 Å². The Morgan fingerprint density at radius 2 is 1.05 bits per heavy atom. The molecule has 0 heterocycles. The first-order valence-electron chi connectivity index (χ1n) is 8.15. The van der Waals surface area contributed by atoms with Gasteiger partial charge < -0.3 is 4.79 Å². The molecule has 110 valence electrons. The van der Waals surface area contributed by atoms with Gasteiger partial charge in [-0.25, -0.2) is 0 Å². The van der Waals surface area contributed by atoms with Gasteiger partial charge in [0, 0.05) is 6.42 Å². The first-order valence-corrected chi connectivity index (χ1v) is 8.15. The molecule has 0 rings (SSSR count). The van der Waals surface area contributed by atoms with E-state index in [1.165, 1.54) is 51.4 Å². The summed E-state index contributed by atoms with van der Waals surface area (Å²) in [6.07, 6.45) is 24.6. The minimum atomic E-state index is 0.719. The SMILES string of the molecule is CCCCCCC=CCCCC=CCCCCC=O. The van der Waals surface area contributed by atoms with Crippen LogP contribution in [0, 0.1) is 0 Å². The number of hydrogen-bond acceptors (Lipinski definition) is 1. The topological polar surface area (TPSA) is 17.1 Å². The van der Waals surface area contributed by atoms with Crippen molar-refractivity contribution in [1.29, 1.82) is 0 Å². The second-order valence-electron chi connectivity index (χ2n) is 5.17. The first kappa shape index (κ1) is 18.1. The van der Waals surface area contributed by atoms with E-state index in [0.717, 1.165) is 32.0 Å². The van der Waals surface area contributed by atoms with E-state index in [4.69, 9.17) is 0 Å². The number of aldehydes is 1. The van der Waals surface area contributed by atoms with Gasteiger partial charge in [0.2, 0.25) is 0 Å². The van der Waals surface area contributed by atoms with Crippen LogP contribution in [0.15, 0.2) is 24.3 Å². The molecule has 0 saturated heterocycles. The van der Waals surface area contributed by atoms with Crippen molar-refractivity contribution in [2.24, 2.45) is 0 Å². The van der Waals surface area contributed by atoms with Crippen molar-refractivity contribution in [3.63, 3.8) is 0 Å². The van der Waals surface area contributed by atoms with Crippen molar-refractivity contribution in [3.8, 4) is 0 Å². The van der Waals surface area contributed by atoms with Gasteiger partial charge in [0.25, 0.3) is 0 Å². The molecule has 0 N–H and O–H groups in total. The summed E-state index contributed by atoms with van der Waals surface area (Å²) in [5, 5.41) is 0. The van der Waals surface area contributed by atoms with Crippen molar-refractivity contribution in [1.82, 2.24) is 0 Å². The van der Waals surface area contributed by atoms with Gasteiger partial charge in [0.05, 0.1) is 0 Å². The maximum absolute atomic E-state index is 10.1. The second kappa shape index (κ2) is 17.2. The lowest BCUT2D eigenvalue weighted by Crippen LogP contribution is -1.76. The Morgan fingerprint density at radius 3 is 1.58 bits per heavy atom. The molecular weight excluding hydrogens is 232 g/mol. The number of rotatable bonds is 14. The Balaban J connectivity index is 3.14. The van der Waals surface area contributed by atoms with E-state index in [-0.39, 0.29) is 0 Å². The minimum absolute atomic E-state index is 0.719. The highest BCUT2D eigenvalue weighted by Gasteiger charge is 1.86. The molecule has 0 spiro atoms. The summed E-state index contributed by atoms with van der Waals surface area (Å²) in [6, 6.07) is 0. The summed E-state index contributed by atoms with van der Waals surface area (Å²) < 4.78 is 0. The fourth-order valence-corrected chi connectivity index (χ4v) is 2.00. The molecule has 0 bridgehead atoms. The summed E-state index contributed by atoms with van der Waals surface area (Å²) in [4.78, 5) is 10.1. The van der Waals surface area contributed by atoms with Gasteiger partial charge in [-0.1, -0.05) is 50.5 Å². The van der Waals surface area contributed by atoms with E-state index in [1.54, 1.807) is 0 Å². The molecule has 0 saturated carbocycles. The van der Waals surface area contributed by atoms with E-state index < -0.39 is 0 Å². The predicted molar refractivity (Wildman–Crippen MR) is 85.4 cm³/mol. The molecule has 0 aliphatic heterocycles. The molecule has 19 heavy (non-hydrogen) atoms. The Kier molecular flexibility index (Phi) is 16.4. The number of unbranched alkanes of at least 4 members (excludes halogenated alkanes) is 9. The molecular formula is C18H32O. The van der Waals surface area contributed by atoms with Crippen LogP contribution in [-0.4, -0.2) is 6.29 Å². The van der Waals surface area contributed by atoms with Crippen molar-refractivity contribution in [2.45, 2.75) is 84.0 Å². The second-order valence-corrected chi connectivity index (χ2v) is 5.17. The van der Waals surface area contributed by atoms with Crippen molar-refractivity contribution in [3.05, 3.63) is 24.3 Å². The fourth-order valence-electron chi connectivity index (χ4n) is 2.00. The molecule has 1 heteroatoms. The minimum Gasteiger partial charge on any atom is -0.303 e. The van der Waals surface area contributed by atoms with Crippen LogP contribution in [0.5, 0.6) is 0 Å². The van der Waals surface area contributed by atoms with Crippen LogP contribution in [0.2, 0.25) is 0 Å². The standard InChI is InChI=1S/C18H32O/c1-2-3-4-5-6-7-8-9-10-11-12-13-14-15-16-17-18-19/h7-8,12-13,18H,2-6,9-11,14-17H2,1H3. The third-order valence-electron chi connectivity index (χ3n) is 3.24. The maximum Gasteiger partial charge on any atom is 0.119 e. The molecule has 0 amide bonds. The van der Waals surface area contributed by atoms with Crippen LogP contribution in [0.25, 0.3) is 0 Å². The molecule has 0 unspecified atom stereocenters. The first-order chi connectivity index (χ1) is 9.41. The molecule has 0 radical (unpaired) electrons. The van der Waals surface area contributed by atoms with Crippen LogP contribution in [-0.2, 0) is 4.79 Å². The zero-order chi connectivity index (χ0) is 14.0. The Labute approximate surface area is 120 Å². The molecule has 0 aromatic rings. The molecule has 0 aromatic heterocycles. The maximum atomic E-state index is 10.1. The highest BCUT2D eigenvalue weighted by Crippen LogP contribution is 2.05. The normalized spacial score (nSPS) is 11.6. The molecule has 0 aromatic carbocycles. The summed E-state index contributed by atoms with van der Waals surface area (Å²) in [7, 11) is 0. The number of hydrogen-bond donors (Lipinski definition) is 0. The van der Waals surface area contributed by atoms with E-state index in [0.29, 0.717) is 0 Å². The van der Waals surface area contributed by atoms with E-state index in [9.17, 15) is 4.79 Å². The zero-order valence-corrected chi connectivity index (χ0v) is 12.8. The summed E-state index contributed by atoms with van der Waals surface area (Å²) in [5.74, 6) is 0. The molecule has 0 atom stereocenters. The lowest BCUT2D eigenvalue weighted by molar-refractivity contribution is -0.107. The van der Waals surface area contributed by atoms with E-state index >= 15 is 0 Å². The fraction of sp³-hybridized carbons (Fsp3) is 0.722. The van der Waals surface area contributed by atoms with Crippen LogP contribution in [0.3, 0.4) is 0 Å². The zero-order valence-electron chi connectivity index (χ0n) is 12.8. The van der Waals surface area contributed by atoms with Gasteiger partial charge in [-0.2, -0.15) is 0 Å². The van der Waals surface area contributed by atoms with Gasteiger partial charge in [0.15, 0.2) is 0 Å².